The third-order valence-corrected chi connectivity index (χ3v) is 5.21. The Morgan fingerprint density at radius 1 is 1.37 bits per heavy atom. The summed E-state index contributed by atoms with van der Waals surface area (Å²) in [6.45, 7) is 0. The van der Waals surface area contributed by atoms with Crippen LogP contribution in [0.4, 0.5) is 5.13 Å². The lowest BCUT2D eigenvalue weighted by Gasteiger charge is -2.04. The molecular formula is C19H15BrN4O2S. The maximum absolute atomic E-state index is 12.3. The first kappa shape index (κ1) is 17.7. The van der Waals surface area contributed by atoms with Crippen molar-refractivity contribution in [1.29, 1.82) is 0 Å². The van der Waals surface area contributed by atoms with Crippen molar-refractivity contribution in [3.63, 3.8) is 0 Å². The minimum Gasteiger partial charge on any atom is -0.497 e. The van der Waals surface area contributed by atoms with Gasteiger partial charge in [-0.2, -0.15) is 0 Å². The van der Waals surface area contributed by atoms with Crippen molar-refractivity contribution in [2.45, 2.75) is 6.42 Å². The summed E-state index contributed by atoms with van der Waals surface area (Å²) in [5, 5.41) is 6.32. The lowest BCUT2D eigenvalue weighted by Crippen LogP contribution is -2.14. The number of hydrogen-bond acceptors (Lipinski definition) is 5. The Hall–Kier alpha value is -2.71. The van der Waals surface area contributed by atoms with E-state index in [0.29, 0.717) is 5.13 Å². The second kappa shape index (κ2) is 7.50. The first-order chi connectivity index (χ1) is 13.1. The van der Waals surface area contributed by atoms with E-state index in [1.807, 2.05) is 41.9 Å². The number of ether oxygens (including phenoxy) is 1. The van der Waals surface area contributed by atoms with Crippen molar-refractivity contribution in [2.75, 3.05) is 12.4 Å². The average Bonchev–Trinajstić information content (AvgIpc) is 3.28. The predicted octanol–water partition coefficient (Wildman–Crippen LogP) is 4.64. The molecule has 27 heavy (non-hydrogen) atoms. The molecule has 0 aliphatic rings. The molecule has 0 radical (unpaired) electrons. The van der Waals surface area contributed by atoms with E-state index in [-0.39, 0.29) is 12.3 Å². The fraction of sp³-hybridized carbons (Fsp3) is 0.105. The molecule has 4 rings (SSSR count). The Morgan fingerprint density at radius 3 is 3.11 bits per heavy atom. The fourth-order valence-corrected chi connectivity index (χ4v) is 3.83. The molecule has 0 saturated heterocycles. The minimum absolute atomic E-state index is 0.118. The maximum Gasteiger partial charge on any atom is 0.230 e. The molecule has 0 aliphatic carbocycles. The predicted molar refractivity (Wildman–Crippen MR) is 110 cm³/mol. The number of methoxy groups -OCH3 is 1. The second-order valence-electron chi connectivity index (χ2n) is 5.87. The number of amides is 1. The van der Waals surface area contributed by atoms with E-state index in [0.717, 1.165) is 38.1 Å². The highest BCUT2D eigenvalue weighted by Crippen LogP contribution is 2.31. The Kier molecular flexibility index (Phi) is 4.91. The Bertz CT molecular complexity index is 1120. The number of anilines is 1. The lowest BCUT2D eigenvalue weighted by molar-refractivity contribution is -0.115. The van der Waals surface area contributed by atoms with Crippen molar-refractivity contribution in [3.05, 3.63) is 58.1 Å². The molecule has 0 spiro atoms. The Labute approximate surface area is 167 Å². The van der Waals surface area contributed by atoms with E-state index in [1.165, 1.54) is 11.3 Å². The molecule has 1 amide bonds. The standard InChI is InChI=1S/C19H15BrN4O2S/c1-26-13-4-2-3-11(5-13)6-17(25)24-19-23-16(10-27-19)15-9-22-18-14(15)7-12(20)8-21-18/h2-5,7-10H,6H2,1H3,(H,21,22)(H,23,24,25). The topological polar surface area (TPSA) is 79.9 Å². The van der Waals surface area contributed by atoms with Gasteiger partial charge in [-0.25, -0.2) is 9.97 Å². The molecule has 2 N–H and O–H groups in total. The van der Waals surface area contributed by atoms with Crippen molar-refractivity contribution >= 4 is 49.3 Å². The van der Waals surface area contributed by atoms with Crippen molar-refractivity contribution < 1.29 is 9.53 Å². The average molecular weight is 443 g/mol. The molecule has 8 heteroatoms. The third kappa shape index (κ3) is 3.86. The van der Waals surface area contributed by atoms with E-state index in [9.17, 15) is 4.79 Å². The molecular weight excluding hydrogens is 428 g/mol. The van der Waals surface area contributed by atoms with Gasteiger partial charge < -0.3 is 15.0 Å². The number of carbonyl (C=O) groups excluding carboxylic acids is 1. The number of pyridine rings is 1. The first-order valence-electron chi connectivity index (χ1n) is 8.13. The third-order valence-electron chi connectivity index (χ3n) is 4.02. The van der Waals surface area contributed by atoms with Gasteiger partial charge in [-0.15, -0.1) is 11.3 Å². The summed E-state index contributed by atoms with van der Waals surface area (Å²) in [5.41, 5.74) is 3.42. The maximum atomic E-state index is 12.3. The van der Waals surface area contributed by atoms with Crippen molar-refractivity contribution in [1.82, 2.24) is 15.0 Å². The fourth-order valence-electron chi connectivity index (χ4n) is 2.78. The van der Waals surface area contributed by atoms with E-state index in [1.54, 1.807) is 13.3 Å². The molecule has 6 nitrogen and oxygen atoms in total. The summed E-state index contributed by atoms with van der Waals surface area (Å²) in [7, 11) is 1.61. The largest absolute Gasteiger partial charge is 0.497 e. The number of halogens is 1. The zero-order valence-electron chi connectivity index (χ0n) is 14.3. The van der Waals surface area contributed by atoms with Crippen molar-refractivity contribution in [3.8, 4) is 17.0 Å². The highest BCUT2D eigenvalue weighted by molar-refractivity contribution is 9.10. The first-order valence-corrected chi connectivity index (χ1v) is 9.81. The number of nitrogens with one attached hydrogen (secondary N) is 2. The van der Waals surface area contributed by atoms with Gasteiger partial charge in [-0.1, -0.05) is 12.1 Å². The van der Waals surface area contributed by atoms with Crippen LogP contribution in [0.5, 0.6) is 5.75 Å². The monoisotopic (exact) mass is 442 g/mol. The number of H-pyrrole nitrogens is 1. The van der Waals surface area contributed by atoms with Crippen molar-refractivity contribution in [2.24, 2.45) is 0 Å². The minimum atomic E-state index is -0.118. The van der Waals surface area contributed by atoms with Crippen LogP contribution < -0.4 is 10.1 Å². The molecule has 1 aromatic carbocycles. The number of carbonyl (C=O) groups is 1. The van der Waals surface area contributed by atoms with Gasteiger partial charge in [0.05, 0.1) is 19.2 Å². The van der Waals surface area contributed by atoms with Crippen LogP contribution in [0.15, 0.2) is 52.6 Å². The molecule has 0 fully saturated rings. The van der Waals surface area contributed by atoms with Gasteiger partial charge in [0, 0.05) is 33.2 Å². The summed E-state index contributed by atoms with van der Waals surface area (Å²) in [5.74, 6) is 0.614. The Morgan fingerprint density at radius 2 is 2.26 bits per heavy atom. The summed E-state index contributed by atoms with van der Waals surface area (Å²) < 4.78 is 6.09. The van der Waals surface area contributed by atoms with Crippen LogP contribution in [0.25, 0.3) is 22.3 Å². The van der Waals surface area contributed by atoms with Crippen LogP contribution in [0, 0.1) is 0 Å². The number of thiazole rings is 1. The van der Waals surface area contributed by atoms with Crippen LogP contribution in [0.3, 0.4) is 0 Å². The lowest BCUT2D eigenvalue weighted by atomic mass is 10.1. The summed E-state index contributed by atoms with van der Waals surface area (Å²) >= 11 is 4.84. The Balaban J connectivity index is 1.50. The molecule has 0 saturated carbocycles. The van der Waals surface area contributed by atoms with E-state index in [2.05, 4.69) is 36.2 Å². The zero-order chi connectivity index (χ0) is 18.8. The summed E-state index contributed by atoms with van der Waals surface area (Å²) in [6.07, 6.45) is 3.88. The van der Waals surface area contributed by atoms with Gasteiger partial charge in [0.1, 0.15) is 11.4 Å². The highest BCUT2D eigenvalue weighted by atomic mass is 79.9. The smallest absolute Gasteiger partial charge is 0.230 e. The number of hydrogen-bond donors (Lipinski definition) is 2. The van der Waals surface area contributed by atoms with Gasteiger partial charge in [-0.3, -0.25) is 4.79 Å². The quantitative estimate of drug-likeness (QED) is 0.471. The van der Waals surface area contributed by atoms with Gasteiger partial charge in [-0.05, 0) is 39.7 Å². The van der Waals surface area contributed by atoms with E-state index >= 15 is 0 Å². The second-order valence-corrected chi connectivity index (χ2v) is 7.64. The van der Waals surface area contributed by atoms with Gasteiger partial charge >= 0.3 is 0 Å². The molecule has 4 aromatic rings. The van der Waals surface area contributed by atoms with Crippen LogP contribution in [-0.2, 0) is 11.2 Å². The number of benzene rings is 1. The van der Waals surface area contributed by atoms with E-state index in [4.69, 9.17) is 4.74 Å². The van der Waals surface area contributed by atoms with Gasteiger partial charge in [0.2, 0.25) is 5.91 Å². The SMILES string of the molecule is COc1cccc(CC(=O)Nc2nc(-c3c[nH]c4ncc(Br)cc34)cs2)c1. The van der Waals surface area contributed by atoms with Crippen LogP contribution in [0.1, 0.15) is 5.56 Å². The van der Waals surface area contributed by atoms with E-state index < -0.39 is 0 Å². The van der Waals surface area contributed by atoms with Crippen LogP contribution in [-0.4, -0.2) is 28.0 Å². The van der Waals surface area contributed by atoms with Crippen LogP contribution >= 0.6 is 27.3 Å². The van der Waals surface area contributed by atoms with Gasteiger partial charge in [0.15, 0.2) is 5.13 Å². The molecule has 0 aliphatic heterocycles. The summed E-state index contributed by atoms with van der Waals surface area (Å²) in [4.78, 5) is 24.4. The molecule has 0 unspecified atom stereocenters. The highest BCUT2D eigenvalue weighted by Gasteiger charge is 2.13. The number of rotatable bonds is 5. The number of aromatic amines is 1. The molecule has 0 bridgehead atoms. The number of aromatic nitrogens is 3. The number of nitrogens with zero attached hydrogens (tertiary/aromatic N) is 2. The van der Waals surface area contributed by atoms with Gasteiger partial charge in [0.25, 0.3) is 0 Å². The van der Waals surface area contributed by atoms with Crippen LogP contribution in [0.2, 0.25) is 0 Å². The molecule has 3 heterocycles. The molecule has 3 aromatic heterocycles. The zero-order valence-corrected chi connectivity index (χ0v) is 16.7. The molecule has 136 valence electrons. The summed E-state index contributed by atoms with van der Waals surface area (Å²) in [6, 6.07) is 9.46. The number of fused-ring (bicyclic) bond motifs is 1. The normalized spacial score (nSPS) is 10.9. The molecule has 0 atom stereocenters.